The molecule has 0 fully saturated rings. The first kappa shape index (κ1) is 16.5. The van der Waals surface area contributed by atoms with E-state index < -0.39 is 0 Å². The van der Waals surface area contributed by atoms with Crippen molar-refractivity contribution < 1.29 is 4.79 Å². The molecular formula is C18H15ClN2O2S. The third-order valence-corrected chi connectivity index (χ3v) is 4.81. The van der Waals surface area contributed by atoms with E-state index in [0.29, 0.717) is 22.8 Å². The molecule has 0 unspecified atom stereocenters. The van der Waals surface area contributed by atoms with Gasteiger partial charge >= 0.3 is 0 Å². The van der Waals surface area contributed by atoms with E-state index >= 15 is 0 Å². The number of halogens is 1. The van der Waals surface area contributed by atoms with E-state index in [1.165, 1.54) is 11.3 Å². The highest BCUT2D eigenvalue weighted by molar-refractivity contribution is 7.16. The van der Waals surface area contributed by atoms with E-state index in [4.69, 9.17) is 11.6 Å². The van der Waals surface area contributed by atoms with Crippen molar-refractivity contribution in [3.05, 3.63) is 80.4 Å². The molecule has 2 heterocycles. The molecule has 3 rings (SSSR count). The molecule has 24 heavy (non-hydrogen) atoms. The van der Waals surface area contributed by atoms with Crippen LogP contribution >= 0.6 is 22.9 Å². The Kier molecular flexibility index (Phi) is 4.83. The second-order valence-corrected chi connectivity index (χ2v) is 7.08. The van der Waals surface area contributed by atoms with E-state index in [9.17, 15) is 9.59 Å². The molecule has 0 aliphatic carbocycles. The van der Waals surface area contributed by atoms with E-state index in [1.54, 1.807) is 35.2 Å². The number of rotatable bonds is 5. The number of hydrogen-bond acceptors (Lipinski definition) is 3. The molecule has 0 saturated heterocycles. The zero-order valence-corrected chi connectivity index (χ0v) is 14.4. The Morgan fingerprint density at radius 1 is 1.29 bits per heavy atom. The van der Waals surface area contributed by atoms with Crippen molar-refractivity contribution in [2.45, 2.75) is 6.54 Å². The fraction of sp³-hybridized carbons (Fsp3) is 0.111. The number of aromatic amines is 1. The van der Waals surface area contributed by atoms with Crippen LogP contribution < -0.4 is 5.56 Å². The minimum Gasteiger partial charge on any atom is -0.329 e. The zero-order chi connectivity index (χ0) is 17.1. The first-order valence-electron chi connectivity index (χ1n) is 7.35. The summed E-state index contributed by atoms with van der Waals surface area (Å²) in [5, 5.41) is 1.30. The van der Waals surface area contributed by atoms with Crippen molar-refractivity contribution in [1.29, 1.82) is 0 Å². The van der Waals surface area contributed by atoms with E-state index in [2.05, 4.69) is 11.6 Å². The predicted molar refractivity (Wildman–Crippen MR) is 98.8 cm³/mol. The monoisotopic (exact) mass is 358 g/mol. The molecule has 1 aromatic carbocycles. The van der Waals surface area contributed by atoms with Crippen LogP contribution in [0.3, 0.4) is 0 Å². The van der Waals surface area contributed by atoms with Crippen molar-refractivity contribution in [2.75, 3.05) is 6.54 Å². The van der Waals surface area contributed by atoms with Gasteiger partial charge in [-0.1, -0.05) is 35.9 Å². The average molecular weight is 359 g/mol. The third-order valence-electron chi connectivity index (χ3n) is 3.60. The number of hydrogen-bond donors (Lipinski definition) is 1. The molecule has 0 aliphatic heterocycles. The van der Waals surface area contributed by atoms with Crippen LogP contribution in [0.5, 0.6) is 0 Å². The Morgan fingerprint density at radius 3 is 2.79 bits per heavy atom. The van der Waals surface area contributed by atoms with Crippen molar-refractivity contribution in [3.63, 3.8) is 0 Å². The average Bonchev–Trinajstić information content (AvgIpc) is 2.99. The highest BCUT2D eigenvalue weighted by atomic mass is 35.5. The number of fused-ring (bicyclic) bond motifs is 1. The predicted octanol–water partition coefficient (Wildman–Crippen LogP) is 4.07. The minimum atomic E-state index is -0.269. The number of nitrogens with one attached hydrogen (secondary N) is 1. The molecule has 0 aliphatic rings. The summed E-state index contributed by atoms with van der Waals surface area (Å²) in [6.45, 7) is 4.49. The van der Waals surface area contributed by atoms with Gasteiger partial charge in [0.1, 0.15) is 5.69 Å². The van der Waals surface area contributed by atoms with Crippen LogP contribution in [0.2, 0.25) is 4.34 Å². The number of aromatic nitrogens is 1. The van der Waals surface area contributed by atoms with E-state index in [-0.39, 0.29) is 17.2 Å². The summed E-state index contributed by atoms with van der Waals surface area (Å²) in [5.74, 6) is -0.248. The van der Waals surface area contributed by atoms with Gasteiger partial charge in [0, 0.05) is 16.8 Å². The van der Waals surface area contributed by atoms with Gasteiger partial charge in [-0.3, -0.25) is 9.59 Å². The molecule has 4 nitrogen and oxygen atoms in total. The normalized spacial score (nSPS) is 10.7. The van der Waals surface area contributed by atoms with Gasteiger partial charge in [0.05, 0.1) is 10.9 Å². The van der Waals surface area contributed by atoms with Gasteiger partial charge in [0.25, 0.3) is 11.5 Å². The molecule has 1 amide bonds. The Morgan fingerprint density at radius 2 is 2.08 bits per heavy atom. The fourth-order valence-corrected chi connectivity index (χ4v) is 3.60. The molecule has 0 radical (unpaired) electrons. The van der Waals surface area contributed by atoms with Crippen LogP contribution in [0, 0.1) is 0 Å². The van der Waals surface area contributed by atoms with Gasteiger partial charge in [-0.15, -0.1) is 17.9 Å². The first-order valence-corrected chi connectivity index (χ1v) is 8.54. The lowest BCUT2D eigenvalue weighted by Gasteiger charge is -2.20. The topological polar surface area (TPSA) is 53.2 Å². The number of thiophene rings is 1. The molecule has 2 aromatic heterocycles. The SMILES string of the molecule is C=CCN(Cc1ccc(Cl)s1)C(=O)c1cc2ccccc2c(=O)[nH]1. The maximum Gasteiger partial charge on any atom is 0.270 e. The molecule has 0 spiro atoms. The van der Waals surface area contributed by atoms with Gasteiger partial charge in [0.2, 0.25) is 0 Å². The number of amides is 1. The molecule has 1 N–H and O–H groups in total. The summed E-state index contributed by atoms with van der Waals surface area (Å²) in [4.78, 5) is 30.3. The molecular weight excluding hydrogens is 344 g/mol. The molecule has 6 heteroatoms. The molecule has 0 saturated carbocycles. The number of carbonyl (C=O) groups excluding carboxylic acids is 1. The Balaban J connectivity index is 1.95. The molecule has 0 atom stereocenters. The highest BCUT2D eigenvalue weighted by Gasteiger charge is 2.18. The lowest BCUT2D eigenvalue weighted by atomic mass is 10.1. The van der Waals surface area contributed by atoms with Crippen LogP contribution in [0.4, 0.5) is 0 Å². The molecule has 122 valence electrons. The second kappa shape index (κ2) is 7.03. The first-order chi connectivity index (χ1) is 11.6. The van der Waals surface area contributed by atoms with Crippen molar-refractivity contribution in [2.24, 2.45) is 0 Å². The summed E-state index contributed by atoms with van der Waals surface area (Å²) in [6.07, 6.45) is 1.66. The minimum absolute atomic E-state index is 0.248. The third kappa shape index (κ3) is 3.42. The number of carbonyl (C=O) groups is 1. The lowest BCUT2D eigenvalue weighted by Crippen LogP contribution is -2.32. The number of H-pyrrole nitrogens is 1. The van der Waals surface area contributed by atoms with Crippen molar-refractivity contribution >= 4 is 39.6 Å². The lowest BCUT2D eigenvalue weighted by molar-refractivity contribution is 0.0758. The van der Waals surface area contributed by atoms with Crippen molar-refractivity contribution in [1.82, 2.24) is 9.88 Å². The number of pyridine rings is 1. The largest absolute Gasteiger partial charge is 0.329 e. The van der Waals surface area contributed by atoms with Gasteiger partial charge < -0.3 is 9.88 Å². The summed E-state index contributed by atoms with van der Waals surface area (Å²) < 4.78 is 0.676. The van der Waals surface area contributed by atoms with Gasteiger partial charge in [-0.25, -0.2) is 0 Å². The number of benzene rings is 1. The maximum atomic E-state index is 12.8. The van der Waals surface area contributed by atoms with Crippen LogP contribution in [0.15, 0.2) is 59.9 Å². The number of nitrogens with zero attached hydrogens (tertiary/aromatic N) is 1. The Bertz CT molecular complexity index is 961. The Hall–Kier alpha value is -2.37. The van der Waals surface area contributed by atoms with Gasteiger partial charge in [-0.05, 0) is 29.7 Å². The zero-order valence-electron chi connectivity index (χ0n) is 12.8. The standard InChI is InChI=1S/C18H15ClN2O2S/c1-2-9-21(11-13-7-8-16(19)24-13)18(23)15-10-12-5-3-4-6-14(12)17(22)20-15/h2-8,10H,1,9,11H2,(H,20,22). The summed E-state index contributed by atoms with van der Waals surface area (Å²) in [7, 11) is 0. The summed E-state index contributed by atoms with van der Waals surface area (Å²) in [6, 6.07) is 12.6. The van der Waals surface area contributed by atoms with Crippen molar-refractivity contribution in [3.8, 4) is 0 Å². The smallest absolute Gasteiger partial charge is 0.270 e. The van der Waals surface area contributed by atoms with E-state index in [0.717, 1.165) is 10.3 Å². The quantitative estimate of drug-likeness (QED) is 0.699. The van der Waals surface area contributed by atoms with Crippen LogP contribution in [-0.2, 0) is 6.54 Å². The van der Waals surface area contributed by atoms with Crippen LogP contribution in [0.25, 0.3) is 10.8 Å². The van der Waals surface area contributed by atoms with Crippen LogP contribution in [-0.4, -0.2) is 22.3 Å². The van der Waals surface area contributed by atoms with Gasteiger partial charge in [0.15, 0.2) is 0 Å². The second-order valence-electron chi connectivity index (χ2n) is 5.28. The summed E-state index contributed by atoms with van der Waals surface area (Å²) in [5.41, 5.74) is -0.00243. The summed E-state index contributed by atoms with van der Waals surface area (Å²) >= 11 is 7.38. The molecule has 3 aromatic rings. The highest BCUT2D eigenvalue weighted by Crippen LogP contribution is 2.23. The maximum absolute atomic E-state index is 12.8. The van der Waals surface area contributed by atoms with Crippen LogP contribution in [0.1, 0.15) is 15.4 Å². The van der Waals surface area contributed by atoms with Gasteiger partial charge in [-0.2, -0.15) is 0 Å². The Labute approximate surface area is 148 Å². The molecule has 0 bridgehead atoms. The fourth-order valence-electron chi connectivity index (χ4n) is 2.50. The van der Waals surface area contributed by atoms with E-state index in [1.807, 2.05) is 18.2 Å².